The predicted octanol–water partition coefficient (Wildman–Crippen LogP) is 5.14. The summed E-state index contributed by atoms with van der Waals surface area (Å²) in [5.74, 6) is -0.298. The molecule has 3 atom stereocenters. The Kier molecular flexibility index (Phi) is 10.2. The monoisotopic (exact) mass is 577 g/mol. The van der Waals surface area contributed by atoms with Gasteiger partial charge in [-0.2, -0.15) is 0 Å². The van der Waals surface area contributed by atoms with E-state index < -0.39 is 24.3 Å². The number of carbonyl (C=O) groups is 2. The van der Waals surface area contributed by atoms with Gasteiger partial charge in [0.1, 0.15) is 12.6 Å². The van der Waals surface area contributed by atoms with Crippen molar-refractivity contribution in [2.24, 2.45) is 0 Å². The quantitative estimate of drug-likeness (QED) is 0.267. The molecule has 43 heavy (non-hydrogen) atoms. The molecule has 0 radical (unpaired) electrons. The van der Waals surface area contributed by atoms with E-state index >= 15 is 0 Å². The van der Waals surface area contributed by atoms with E-state index in [0.717, 1.165) is 22.3 Å². The molecule has 4 aromatic rings. The zero-order valence-electron chi connectivity index (χ0n) is 24.5. The summed E-state index contributed by atoms with van der Waals surface area (Å²) in [6.45, 7) is 1.83. The molecule has 2 unspecified atom stereocenters. The number of piperazine rings is 1. The highest BCUT2D eigenvalue weighted by Gasteiger charge is 2.45. The summed E-state index contributed by atoms with van der Waals surface area (Å²) in [6.07, 6.45) is -1.31. The first-order valence-corrected chi connectivity index (χ1v) is 14.8. The first kappa shape index (κ1) is 30.0. The summed E-state index contributed by atoms with van der Waals surface area (Å²) < 4.78 is 5.67. The van der Waals surface area contributed by atoms with Gasteiger partial charge in [0.25, 0.3) is 0 Å². The van der Waals surface area contributed by atoms with Gasteiger partial charge in [0.2, 0.25) is 5.91 Å². The van der Waals surface area contributed by atoms with Gasteiger partial charge < -0.3 is 14.7 Å². The van der Waals surface area contributed by atoms with Crippen molar-refractivity contribution in [2.45, 2.75) is 44.3 Å². The van der Waals surface area contributed by atoms with Crippen LogP contribution in [-0.4, -0.2) is 70.1 Å². The smallest absolute Gasteiger partial charge is 0.410 e. The second kappa shape index (κ2) is 14.6. The Morgan fingerprint density at radius 1 is 0.767 bits per heavy atom. The van der Waals surface area contributed by atoms with Gasteiger partial charge in [-0.25, -0.2) is 4.79 Å². The number of likely N-dealkylation sites (N-methyl/N-ethyl adjacent to an activating group) is 1. The van der Waals surface area contributed by atoms with Gasteiger partial charge in [-0.3, -0.25) is 14.6 Å². The van der Waals surface area contributed by atoms with Crippen LogP contribution in [-0.2, 0) is 35.6 Å². The molecule has 7 nitrogen and oxygen atoms in total. The number of aliphatic hydroxyl groups is 1. The molecule has 0 bridgehead atoms. The van der Waals surface area contributed by atoms with Gasteiger partial charge in [-0.1, -0.05) is 121 Å². The summed E-state index contributed by atoms with van der Waals surface area (Å²) in [5.41, 5.74) is 4.07. The van der Waals surface area contributed by atoms with Crippen LogP contribution in [0.5, 0.6) is 0 Å². The molecule has 1 aliphatic rings. The molecular formula is C36H39N3O4. The Morgan fingerprint density at radius 2 is 1.23 bits per heavy atom. The first-order valence-electron chi connectivity index (χ1n) is 14.8. The lowest BCUT2D eigenvalue weighted by Crippen LogP contribution is -2.65. The first-order chi connectivity index (χ1) is 21.0. The van der Waals surface area contributed by atoms with Crippen molar-refractivity contribution in [2.75, 3.05) is 20.1 Å². The second-order valence-electron chi connectivity index (χ2n) is 11.1. The Balaban J connectivity index is 1.48. The molecular weight excluding hydrogens is 538 g/mol. The predicted molar refractivity (Wildman–Crippen MR) is 167 cm³/mol. The topological polar surface area (TPSA) is 73.3 Å². The van der Waals surface area contributed by atoms with Crippen LogP contribution >= 0.6 is 0 Å². The van der Waals surface area contributed by atoms with Crippen LogP contribution in [0.15, 0.2) is 121 Å². The summed E-state index contributed by atoms with van der Waals surface area (Å²) >= 11 is 0. The zero-order chi connectivity index (χ0) is 30.0. The fourth-order valence-electron chi connectivity index (χ4n) is 5.66. The van der Waals surface area contributed by atoms with E-state index in [-0.39, 0.29) is 19.1 Å². The maximum Gasteiger partial charge on any atom is 0.410 e. The number of hydrogen-bond donors (Lipinski definition) is 1. The van der Waals surface area contributed by atoms with E-state index in [4.69, 9.17) is 4.74 Å². The number of hydrogen-bond acceptors (Lipinski definition) is 5. The lowest BCUT2D eigenvalue weighted by atomic mass is 9.91. The van der Waals surface area contributed by atoms with Crippen LogP contribution in [0, 0.1) is 0 Å². The molecule has 0 saturated carbocycles. The summed E-state index contributed by atoms with van der Waals surface area (Å²) in [7, 11) is 1.71. The van der Waals surface area contributed by atoms with Crippen LogP contribution in [0.25, 0.3) is 0 Å². The Hall–Kier alpha value is -4.46. The highest BCUT2D eigenvalue weighted by Crippen LogP contribution is 2.26. The van der Waals surface area contributed by atoms with Crippen LogP contribution in [0.1, 0.15) is 22.3 Å². The SMILES string of the molecule is CN1CCN(C(=O)OCc2ccccc2)C(C(O)[C@H](Cc2ccccc2)N(Cc2ccccc2)Cc2ccccc2)C1=O. The minimum absolute atomic E-state index is 0.0879. The number of nitrogens with zero attached hydrogens (tertiary/aromatic N) is 3. The van der Waals surface area contributed by atoms with Crippen molar-refractivity contribution in [1.29, 1.82) is 0 Å². The minimum Gasteiger partial charge on any atom is -0.445 e. The molecule has 2 amide bonds. The molecule has 1 saturated heterocycles. The third-order valence-corrected chi connectivity index (χ3v) is 8.01. The molecule has 0 aliphatic carbocycles. The third kappa shape index (κ3) is 7.89. The van der Waals surface area contributed by atoms with Crippen LogP contribution in [0.2, 0.25) is 0 Å². The number of ether oxygens (including phenoxy) is 1. The van der Waals surface area contributed by atoms with E-state index in [9.17, 15) is 14.7 Å². The molecule has 1 heterocycles. The minimum atomic E-state index is -1.19. The number of rotatable bonds is 11. The average molecular weight is 578 g/mol. The van der Waals surface area contributed by atoms with E-state index in [1.165, 1.54) is 4.90 Å². The molecule has 0 aromatic heterocycles. The van der Waals surface area contributed by atoms with Gasteiger partial charge in [0, 0.05) is 39.3 Å². The molecule has 0 spiro atoms. The van der Waals surface area contributed by atoms with Gasteiger partial charge >= 0.3 is 6.09 Å². The van der Waals surface area contributed by atoms with Crippen molar-refractivity contribution in [3.63, 3.8) is 0 Å². The molecule has 7 heteroatoms. The Labute approximate surface area is 253 Å². The highest BCUT2D eigenvalue weighted by molar-refractivity contribution is 5.87. The summed E-state index contributed by atoms with van der Waals surface area (Å²) in [4.78, 5) is 32.5. The highest BCUT2D eigenvalue weighted by atomic mass is 16.6. The molecule has 1 aliphatic heterocycles. The lowest BCUT2D eigenvalue weighted by molar-refractivity contribution is -0.147. The largest absolute Gasteiger partial charge is 0.445 e. The molecule has 4 aromatic carbocycles. The van der Waals surface area contributed by atoms with E-state index in [1.54, 1.807) is 11.9 Å². The zero-order valence-corrected chi connectivity index (χ0v) is 24.5. The fourth-order valence-corrected chi connectivity index (χ4v) is 5.66. The number of aliphatic hydroxyl groups excluding tert-OH is 1. The normalized spacial score (nSPS) is 16.6. The summed E-state index contributed by atoms with van der Waals surface area (Å²) in [5, 5.41) is 12.3. The van der Waals surface area contributed by atoms with Gasteiger partial charge in [-0.05, 0) is 28.7 Å². The molecule has 222 valence electrons. The van der Waals surface area contributed by atoms with Crippen LogP contribution < -0.4 is 0 Å². The number of benzene rings is 4. The Bertz CT molecular complexity index is 1400. The van der Waals surface area contributed by atoms with Gasteiger partial charge in [0.05, 0.1) is 6.10 Å². The fraction of sp³-hybridized carbons (Fsp3) is 0.278. The molecule has 5 rings (SSSR count). The maximum absolute atomic E-state index is 13.7. The molecule has 1 fully saturated rings. The van der Waals surface area contributed by atoms with Crippen LogP contribution in [0.4, 0.5) is 4.79 Å². The molecule has 1 N–H and O–H groups in total. The maximum atomic E-state index is 13.7. The van der Waals surface area contributed by atoms with E-state index in [2.05, 4.69) is 29.2 Å². The van der Waals surface area contributed by atoms with Crippen molar-refractivity contribution in [1.82, 2.24) is 14.7 Å². The third-order valence-electron chi connectivity index (χ3n) is 8.01. The van der Waals surface area contributed by atoms with Gasteiger partial charge in [-0.15, -0.1) is 0 Å². The van der Waals surface area contributed by atoms with Crippen molar-refractivity contribution in [3.8, 4) is 0 Å². The standard InChI is InChI=1S/C36H39N3O4/c1-37-22-23-39(36(42)43-27-31-20-12-5-13-21-31)33(35(37)41)34(40)32(24-28-14-6-2-7-15-28)38(25-29-16-8-3-9-17-29)26-30-18-10-4-11-19-30/h2-21,32-34,40H,22-27H2,1H3/t32-,33?,34?/m0/s1. The van der Waals surface area contributed by atoms with E-state index in [0.29, 0.717) is 26.1 Å². The average Bonchev–Trinajstić information content (AvgIpc) is 3.05. The van der Waals surface area contributed by atoms with Crippen molar-refractivity contribution >= 4 is 12.0 Å². The van der Waals surface area contributed by atoms with Crippen LogP contribution in [0.3, 0.4) is 0 Å². The van der Waals surface area contributed by atoms with Crippen molar-refractivity contribution < 1.29 is 19.4 Å². The number of amides is 2. The van der Waals surface area contributed by atoms with Crippen molar-refractivity contribution in [3.05, 3.63) is 144 Å². The second-order valence-corrected chi connectivity index (χ2v) is 11.1. The summed E-state index contributed by atoms with van der Waals surface area (Å²) in [6, 6.07) is 38.1. The van der Waals surface area contributed by atoms with E-state index in [1.807, 2.05) is 97.1 Å². The Morgan fingerprint density at radius 3 is 1.74 bits per heavy atom. The van der Waals surface area contributed by atoms with Gasteiger partial charge in [0.15, 0.2) is 0 Å². The number of carbonyl (C=O) groups excluding carboxylic acids is 2. The lowest BCUT2D eigenvalue weighted by Gasteiger charge is -2.44.